The highest BCUT2D eigenvalue weighted by molar-refractivity contribution is 7.89. The van der Waals surface area contributed by atoms with Gasteiger partial charge in [-0.1, -0.05) is 17.7 Å². The monoisotopic (exact) mass is 323 g/mol. The summed E-state index contributed by atoms with van der Waals surface area (Å²) in [5.41, 5.74) is -1.02. The number of carbonyl (C=O) groups is 1. The minimum Gasteiger partial charge on any atom is -0.480 e. The lowest BCUT2D eigenvalue weighted by Gasteiger charge is -2.33. The number of nitrogens with zero attached hydrogens (tertiary/aromatic N) is 1. The molecule has 1 rings (SSSR count). The van der Waals surface area contributed by atoms with Crippen LogP contribution >= 0.6 is 11.6 Å². The number of aliphatic carboxylic acids is 1. The van der Waals surface area contributed by atoms with E-state index in [4.69, 9.17) is 16.7 Å². The third-order valence-electron chi connectivity index (χ3n) is 2.51. The van der Waals surface area contributed by atoms with Crippen LogP contribution in [0.5, 0.6) is 0 Å². The molecule has 0 aromatic heterocycles. The van der Waals surface area contributed by atoms with E-state index in [1.807, 2.05) is 0 Å². The number of carboxylic acids is 1. The lowest BCUT2D eigenvalue weighted by atomic mass is 10.1. The van der Waals surface area contributed by atoms with Crippen molar-refractivity contribution in [2.24, 2.45) is 0 Å². The van der Waals surface area contributed by atoms with Gasteiger partial charge in [0.1, 0.15) is 11.4 Å². The molecule has 0 aliphatic rings. The van der Waals surface area contributed by atoms with E-state index in [1.54, 1.807) is 0 Å². The maximum Gasteiger partial charge on any atom is 0.318 e. The van der Waals surface area contributed by atoms with E-state index in [9.17, 15) is 17.6 Å². The van der Waals surface area contributed by atoms with E-state index >= 15 is 0 Å². The summed E-state index contributed by atoms with van der Waals surface area (Å²) in [6, 6.07) is 3.56. The summed E-state index contributed by atoms with van der Waals surface area (Å²) < 4.78 is 39.5. The third-order valence-corrected chi connectivity index (χ3v) is 4.93. The molecule has 0 aliphatic heterocycles. The van der Waals surface area contributed by atoms with E-state index in [0.717, 1.165) is 10.4 Å². The van der Waals surface area contributed by atoms with Crippen LogP contribution < -0.4 is 0 Å². The van der Waals surface area contributed by atoms with E-state index < -0.39 is 38.8 Å². The second-order valence-electron chi connectivity index (χ2n) is 5.13. The van der Waals surface area contributed by atoms with Gasteiger partial charge in [0.05, 0.1) is 5.02 Å². The molecule has 1 aromatic carbocycles. The molecule has 8 heteroatoms. The zero-order chi connectivity index (χ0) is 15.7. The van der Waals surface area contributed by atoms with Gasteiger partial charge in [0, 0.05) is 5.54 Å². The molecule has 0 heterocycles. The second-order valence-corrected chi connectivity index (χ2v) is 7.37. The molecule has 0 bridgehead atoms. The number of carboxylic acid groups (broad SMARTS) is 1. The third kappa shape index (κ3) is 3.47. The number of benzene rings is 1. The number of halogens is 2. The minimum atomic E-state index is -4.31. The predicted octanol–water partition coefficient (Wildman–Crippen LogP) is 2.35. The van der Waals surface area contributed by atoms with Crippen LogP contribution in [0, 0.1) is 5.82 Å². The van der Waals surface area contributed by atoms with E-state index in [2.05, 4.69) is 0 Å². The van der Waals surface area contributed by atoms with Crippen molar-refractivity contribution in [2.75, 3.05) is 6.54 Å². The van der Waals surface area contributed by atoms with Gasteiger partial charge in [-0.3, -0.25) is 4.79 Å². The average Bonchev–Trinajstić information content (AvgIpc) is 2.27. The molecule has 0 amide bonds. The van der Waals surface area contributed by atoms with Crippen molar-refractivity contribution in [3.8, 4) is 0 Å². The van der Waals surface area contributed by atoms with Crippen LogP contribution in [0.2, 0.25) is 5.02 Å². The second kappa shape index (κ2) is 5.67. The van der Waals surface area contributed by atoms with Gasteiger partial charge in [-0.2, -0.15) is 4.31 Å². The fourth-order valence-corrected chi connectivity index (χ4v) is 3.66. The number of hydrogen-bond acceptors (Lipinski definition) is 3. The van der Waals surface area contributed by atoms with Crippen molar-refractivity contribution in [3.05, 3.63) is 29.0 Å². The Bertz CT molecular complexity index is 625. The molecule has 1 N–H and O–H groups in total. The zero-order valence-electron chi connectivity index (χ0n) is 11.2. The van der Waals surface area contributed by atoms with E-state index in [-0.39, 0.29) is 5.02 Å². The first kappa shape index (κ1) is 16.9. The normalized spacial score (nSPS) is 12.7. The molecule has 0 fully saturated rings. The summed E-state index contributed by atoms with van der Waals surface area (Å²) >= 11 is 5.57. The van der Waals surface area contributed by atoms with Crippen LogP contribution in [0.3, 0.4) is 0 Å². The van der Waals surface area contributed by atoms with Gasteiger partial charge in [-0.15, -0.1) is 0 Å². The van der Waals surface area contributed by atoms with Crippen LogP contribution in [0.1, 0.15) is 20.8 Å². The first-order chi connectivity index (χ1) is 8.98. The van der Waals surface area contributed by atoms with Gasteiger partial charge < -0.3 is 5.11 Å². The summed E-state index contributed by atoms with van der Waals surface area (Å²) in [5.74, 6) is -2.42. The van der Waals surface area contributed by atoms with Crippen molar-refractivity contribution in [1.29, 1.82) is 0 Å². The van der Waals surface area contributed by atoms with Crippen LogP contribution in [0.25, 0.3) is 0 Å². The number of sulfonamides is 1. The lowest BCUT2D eigenvalue weighted by molar-refractivity contribution is -0.138. The Morgan fingerprint density at radius 2 is 1.95 bits per heavy atom. The Morgan fingerprint density at radius 1 is 1.40 bits per heavy atom. The van der Waals surface area contributed by atoms with Gasteiger partial charge in [-0.05, 0) is 32.9 Å². The van der Waals surface area contributed by atoms with Crippen LogP contribution in [-0.2, 0) is 14.8 Å². The molecule has 0 saturated heterocycles. The molecule has 0 saturated carbocycles. The highest BCUT2D eigenvalue weighted by Crippen LogP contribution is 2.28. The van der Waals surface area contributed by atoms with E-state index in [1.165, 1.54) is 32.9 Å². The van der Waals surface area contributed by atoms with Gasteiger partial charge in [0.2, 0.25) is 10.0 Å². The molecule has 0 radical (unpaired) electrons. The van der Waals surface area contributed by atoms with Crippen molar-refractivity contribution >= 4 is 27.6 Å². The largest absolute Gasteiger partial charge is 0.480 e. The van der Waals surface area contributed by atoms with Gasteiger partial charge in [-0.25, -0.2) is 12.8 Å². The molecule has 0 unspecified atom stereocenters. The molecule has 1 aromatic rings. The molecule has 0 spiro atoms. The van der Waals surface area contributed by atoms with Crippen molar-refractivity contribution in [1.82, 2.24) is 4.31 Å². The molecule has 5 nitrogen and oxygen atoms in total. The Kier molecular flexibility index (Phi) is 4.78. The zero-order valence-corrected chi connectivity index (χ0v) is 12.8. The Balaban J connectivity index is 3.45. The predicted molar refractivity (Wildman–Crippen MR) is 72.7 cm³/mol. The van der Waals surface area contributed by atoms with Crippen molar-refractivity contribution in [2.45, 2.75) is 31.2 Å². The maximum atomic E-state index is 13.9. The Hall–Kier alpha value is -1.18. The molecular formula is C12H15ClFNO4S. The van der Waals surface area contributed by atoms with Crippen LogP contribution in [-0.4, -0.2) is 35.9 Å². The highest BCUT2D eigenvalue weighted by atomic mass is 35.5. The summed E-state index contributed by atoms with van der Waals surface area (Å²) in [5, 5.41) is 8.52. The number of hydrogen-bond donors (Lipinski definition) is 1. The summed E-state index contributed by atoms with van der Waals surface area (Å²) in [7, 11) is -4.31. The first-order valence-corrected chi connectivity index (χ1v) is 7.48. The Labute approximate surface area is 122 Å². The molecule has 112 valence electrons. The van der Waals surface area contributed by atoms with Crippen molar-refractivity contribution in [3.63, 3.8) is 0 Å². The summed E-state index contributed by atoms with van der Waals surface area (Å²) in [4.78, 5) is 10.2. The highest BCUT2D eigenvalue weighted by Gasteiger charge is 2.37. The summed E-state index contributed by atoms with van der Waals surface area (Å²) in [6.45, 7) is 3.81. The molecular weight excluding hydrogens is 309 g/mol. The quantitative estimate of drug-likeness (QED) is 0.923. The van der Waals surface area contributed by atoms with Gasteiger partial charge >= 0.3 is 5.97 Å². The molecule has 0 atom stereocenters. The average molecular weight is 324 g/mol. The molecule has 0 aliphatic carbocycles. The fraction of sp³-hybridized carbons (Fsp3) is 0.417. The maximum absolute atomic E-state index is 13.9. The SMILES string of the molecule is CC(C)(C)N(CC(=O)O)S(=O)(=O)c1cccc(Cl)c1F. The first-order valence-electron chi connectivity index (χ1n) is 5.66. The van der Waals surface area contributed by atoms with Crippen LogP contribution in [0.15, 0.2) is 23.1 Å². The van der Waals surface area contributed by atoms with Gasteiger partial charge in [0.15, 0.2) is 5.82 Å². The Morgan fingerprint density at radius 3 is 2.40 bits per heavy atom. The summed E-state index contributed by atoms with van der Waals surface area (Å²) in [6.07, 6.45) is 0. The lowest BCUT2D eigenvalue weighted by Crippen LogP contribution is -2.48. The van der Waals surface area contributed by atoms with E-state index in [0.29, 0.717) is 0 Å². The smallest absolute Gasteiger partial charge is 0.318 e. The fourth-order valence-electron chi connectivity index (χ4n) is 1.61. The molecule has 20 heavy (non-hydrogen) atoms. The van der Waals surface area contributed by atoms with Gasteiger partial charge in [0.25, 0.3) is 0 Å². The topological polar surface area (TPSA) is 74.7 Å². The standard InChI is InChI=1S/C12H15ClFNO4S/c1-12(2,3)15(7-10(16)17)20(18,19)9-6-4-5-8(13)11(9)14/h4-6H,7H2,1-3H3,(H,16,17). The number of rotatable bonds is 4. The minimum absolute atomic E-state index is 0.338. The van der Waals surface area contributed by atoms with Crippen molar-refractivity contribution < 1.29 is 22.7 Å². The van der Waals surface area contributed by atoms with Crippen LogP contribution in [0.4, 0.5) is 4.39 Å².